The van der Waals surface area contributed by atoms with Gasteiger partial charge < -0.3 is 0 Å². The summed E-state index contributed by atoms with van der Waals surface area (Å²) in [5.74, 6) is 0. The van der Waals surface area contributed by atoms with E-state index in [1.165, 1.54) is 11.3 Å². The summed E-state index contributed by atoms with van der Waals surface area (Å²) in [7, 11) is 0. The predicted octanol–water partition coefficient (Wildman–Crippen LogP) is 5.26. The van der Waals surface area contributed by atoms with Crippen molar-refractivity contribution >= 4 is 56.8 Å². The van der Waals surface area contributed by atoms with Crippen LogP contribution in [0.5, 0.6) is 0 Å². The van der Waals surface area contributed by atoms with Crippen molar-refractivity contribution in [2.45, 2.75) is 9.79 Å². The van der Waals surface area contributed by atoms with Gasteiger partial charge in [0.1, 0.15) is 0 Å². The molecule has 0 aliphatic heterocycles. The second-order valence-electron chi connectivity index (χ2n) is 6.23. The van der Waals surface area contributed by atoms with Crippen molar-refractivity contribution in [3.8, 4) is 0 Å². The molecule has 0 amide bonds. The molecule has 28 heavy (non-hydrogen) atoms. The van der Waals surface area contributed by atoms with Crippen LogP contribution < -0.4 is 10.1 Å². The van der Waals surface area contributed by atoms with Crippen LogP contribution in [0.2, 0.25) is 5.02 Å². The van der Waals surface area contributed by atoms with Crippen LogP contribution in [-0.4, -0.2) is 9.38 Å². The lowest BCUT2D eigenvalue weighted by Gasteiger charge is -2.05. The average molecular weight is 421 g/mol. The second-order valence-corrected chi connectivity index (χ2v) is 8.79. The van der Waals surface area contributed by atoms with Crippen LogP contribution in [0.3, 0.4) is 0 Å². The third kappa shape index (κ3) is 3.11. The molecule has 136 valence electrons. The number of rotatable bonds is 3. The van der Waals surface area contributed by atoms with Gasteiger partial charge in [0.05, 0.1) is 15.6 Å². The molecule has 6 heteroatoms. The molecule has 0 atom stereocenters. The molecule has 0 spiro atoms. The van der Waals surface area contributed by atoms with Crippen molar-refractivity contribution < 1.29 is 0 Å². The van der Waals surface area contributed by atoms with Crippen LogP contribution in [0.25, 0.3) is 22.1 Å². The fourth-order valence-electron chi connectivity index (χ4n) is 3.08. The van der Waals surface area contributed by atoms with Crippen molar-refractivity contribution in [3.05, 3.63) is 98.3 Å². The van der Waals surface area contributed by atoms with Gasteiger partial charge in [-0.15, -0.1) is 0 Å². The van der Waals surface area contributed by atoms with Gasteiger partial charge in [-0.25, -0.2) is 9.38 Å². The minimum absolute atomic E-state index is 0.0278. The Morgan fingerprint density at radius 3 is 2.57 bits per heavy atom. The molecule has 2 aromatic heterocycles. The topological polar surface area (TPSA) is 34.4 Å². The highest BCUT2D eigenvalue weighted by molar-refractivity contribution is 7.99. The highest BCUT2D eigenvalue weighted by Gasteiger charge is 2.11. The van der Waals surface area contributed by atoms with Crippen LogP contribution in [0.15, 0.2) is 87.4 Å². The monoisotopic (exact) mass is 420 g/mol. The van der Waals surface area contributed by atoms with Crippen LogP contribution in [0.4, 0.5) is 0 Å². The highest BCUT2D eigenvalue weighted by Crippen LogP contribution is 2.31. The van der Waals surface area contributed by atoms with Gasteiger partial charge >= 0.3 is 0 Å². The van der Waals surface area contributed by atoms with E-state index in [0.29, 0.717) is 9.55 Å². The Balaban J connectivity index is 1.62. The highest BCUT2D eigenvalue weighted by atomic mass is 35.5. The fourth-order valence-corrected chi connectivity index (χ4v) is 5.10. The maximum Gasteiger partial charge on any atom is 0.274 e. The minimum Gasteiger partial charge on any atom is -0.267 e. The minimum atomic E-state index is -0.0278. The first-order valence-electron chi connectivity index (χ1n) is 8.63. The van der Waals surface area contributed by atoms with E-state index in [1.54, 1.807) is 16.2 Å². The first-order valence-corrected chi connectivity index (χ1v) is 10.6. The number of benzene rings is 3. The number of nitrogens with zero attached hydrogens (tertiary/aromatic N) is 2. The van der Waals surface area contributed by atoms with E-state index < -0.39 is 0 Å². The molecular formula is C22H13ClN2OS2. The number of aromatic nitrogens is 2. The summed E-state index contributed by atoms with van der Waals surface area (Å²) in [5, 5.41) is 0.717. The summed E-state index contributed by atoms with van der Waals surface area (Å²) in [6, 6.07) is 23.5. The molecule has 0 saturated heterocycles. The van der Waals surface area contributed by atoms with Gasteiger partial charge in [0, 0.05) is 14.8 Å². The molecule has 0 aliphatic carbocycles. The first kappa shape index (κ1) is 17.5. The van der Waals surface area contributed by atoms with E-state index >= 15 is 0 Å². The normalized spacial score (nSPS) is 12.2. The molecule has 0 fully saturated rings. The summed E-state index contributed by atoms with van der Waals surface area (Å²) in [4.78, 5) is 20.5. The molecule has 5 rings (SSSR count). The molecule has 0 radical (unpaired) electrons. The molecule has 0 N–H and O–H groups in total. The number of hydrogen-bond acceptors (Lipinski definition) is 4. The van der Waals surface area contributed by atoms with E-state index in [0.717, 1.165) is 31.3 Å². The van der Waals surface area contributed by atoms with Gasteiger partial charge in [-0.3, -0.25) is 4.79 Å². The summed E-state index contributed by atoms with van der Waals surface area (Å²) in [6.07, 6.45) is 1.95. The van der Waals surface area contributed by atoms with E-state index in [2.05, 4.69) is 11.1 Å². The van der Waals surface area contributed by atoms with Crippen molar-refractivity contribution in [1.29, 1.82) is 0 Å². The third-order valence-corrected chi connectivity index (χ3v) is 6.71. The van der Waals surface area contributed by atoms with Crippen LogP contribution in [-0.2, 0) is 0 Å². The van der Waals surface area contributed by atoms with Gasteiger partial charge in [0.25, 0.3) is 5.56 Å². The van der Waals surface area contributed by atoms with Gasteiger partial charge in [0.2, 0.25) is 0 Å². The maximum absolute atomic E-state index is 13.0. The summed E-state index contributed by atoms with van der Waals surface area (Å²) >= 11 is 9.05. The number of imidazole rings is 1. The quantitative estimate of drug-likeness (QED) is 0.399. The fraction of sp³-hybridized carbons (Fsp3) is 0. The van der Waals surface area contributed by atoms with Crippen molar-refractivity contribution in [2.75, 3.05) is 0 Å². The maximum atomic E-state index is 13.0. The number of thiazole rings is 1. The third-order valence-electron chi connectivity index (χ3n) is 4.39. The van der Waals surface area contributed by atoms with Crippen molar-refractivity contribution in [1.82, 2.24) is 9.38 Å². The van der Waals surface area contributed by atoms with Crippen molar-refractivity contribution in [2.24, 2.45) is 0 Å². The molecule has 0 aliphatic rings. The Labute approximate surface area is 173 Å². The largest absolute Gasteiger partial charge is 0.274 e. The van der Waals surface area contributed by atoms with E-state index in [-0.39, 0.29) is 5.56 Å². The Morgan fingerprint density at radius 1 is 0.964 bits per heavy atom. The zero-order chi connectivity index (χ0) is 19.1. The first-order chi connectivity index (χ1) is 13.7. The van der Waals surface area contributed by atoms with Gasteiger partial charge in [-0.2, -0.15) is 0 Å². The number of hydrogen-bond donors (Lipinski definition) is 0. The standard InChI is InChI=1S/C22H13ClN2OS2/c23-15-9-11-16(12-10-15)27-19-8-4-1-5-14(19)13-20-21(26)25-18-7-3-2-6-17(18)24-22(25)28-20/h1-13H/b20-13+. The summed E-state index contributed by atoms with van der Waals surface area (Å²) < 4.78 is 2.37. The summed E-state index contributed by atoms with van der Waals surface area (Å²) in [6.45, 7) is 0. The second kappa shape index (κ2) is 7.09. The van der Waals surface area contributed by atoms with Crippen molar-refractivity contribution in [3.63, 3.8) is 0 Å². The number of para-hydroxylation sites is 2. The average Bonchev–Trinajstić information content (AvgIpc) is 3.21. The van der Waals surface area contributed by atoms with E-state index in [9.17, 15) is 4.79 Å². The molecule has 3 nitrogen and oxygen atoms in total. The molecular weight excluding hydrogens is 408 g/mol. The Bertz CT molecular complexity index is 1420. The molecule has 3 aromatic carbocycles. The van der Waals surface area contributed by atoms with Crippen LogP contribution in [0.1, 0.15) is 5.56 Å². The molecule has 0 bridgehead atoms. The van der Waals surface area contributed by atoms with E-state index in [4.69, 9.17) is 11.6 Å². The van der Waals surface area contributed by atoms with Crippen LogP contribution in [0, 0.1) is 0 Å². The Hall–Kier alpha value is -2.60. The Morgan fingerprint density at radius 2 is 1.71 bits per heavy atom. The molecule has 5 aromatic rings. The Kier molecular flexibility index (Phi) is 4.43. The van der Waals surface area contributed by atoms with Crippen LogP contribution >= 0.6 is 34.7 Å². The molecule has 0 unspecified atom stereocenters. The lowest BCUT2D eigenvalue weighted by Crippen LogP contribution is -2.22. The lowest BCUT2D eigenvalue weighted by molar-refractivity contribution is 1.19. The SMILES string of the molecule is O=c1/c(=C\c2ccccc2Sc2ccc(Cl)cc2)sc2nc3ccccc3n12. The lowest BCUT2D eigenvalue weighted by atomic mass is 10.2. The van der Waals surface area contributed by atoms with Gasteiger partial charge in [0.15, 0.2) is 4.96 Å². The van der Waals surface area contributed by atoms with Gasteiger partial charge in [-0.1, -0.05) is 65.0 Å². The number of fused-ring (bicyclic) bond motifs is 3. The zero-order valence-corrected chi connectivity index (χ0v) is 16.9. The number of halogens is 1. The smallest absolute Gasteiger partial charge is 0.267 e. The summed E-state index contributed by atoms with van der Waals surface area (Å²) in [5.41, 5.74) is 2.67. The van der Waals surface area contributed by atoms with Gasteiger partial charge in [-0.05, 0) is 54.1 Å². The molecule has 2 heterocycles. The zero-order valence-electron chi connectivity index (χ0n) is 14.5. The predicted molar refractivity (Wildman–Crippen MR) is 118 cm³/mol. The molecule has 0 saturated carbocycles. The van der Waals surface area contributed by atoms with E-state index in [1.807, 2.05) is 72.8 Å².